The Morgan fingerprint density at radius 1 is 1.10 bits per heavy atom. The first-order chi connectivity index (χ1) is 20.2. The fourth-order valence-electron chi connectivity index (χ4n) is 6.06. The van der Waals surface area contributed by atoms with E-state index in [1.807, 2.05) is 45.2 Å². The molecule has 0 saturated heterocycles. The average molecular weight is 582 g/mol. The SMILES string of the molecule is Cc1cc2c(c(C(OC(C)(C)C)C(=O)N=O)c1-c1ccc3c(c1)CCCO3)CCCN2Sc1cccc2cccnc12. The van der Waals surface area contributed by atoms with Crippen molar-refractivity contribution >= 4 is 34.4 Å². The number of pyridine rings is 1. The number of nitrogens with zero attached hydrogens (tertiary/aromatic N) is 3. The molecule has 7 nitrogen and oxygen atoms in total. The summed E-state index contributed by atoms with van der Waals surface area (Å²) < 4.78 is 14.6. The zero-order chi connectivity index (χ0) is 29.4. The number of anilines is 1. The van der Waals surface area contributed by atoms with E-state index in [-0.39, 0.29) is 0 Å². The molecular weight excluding hydrogens is 546 g/mol. The second kappa shape index (κ2) is 11.5. The fraction of sp³-hybridized carbons (Fsp3) is 0.353. The molecule has 0 fully saturated rings. The monoisotopic (exact) mass is 581 g/mol. The number of benzene rings is 3. The summed E-state index contributed by atoms with van der Waals surface area (Å²) in [5.41, 5.74) is 7.12. The highest BCUT2D eigenvalue weighted by molar-refractivity contribution is 8.00. The zero-order valence-corrected chi connectivity index (χ0v) is 25.3. The van der Waals surface area contributed by atoms with Gasteiger partial charge in [0.1, 0.15) is 5.75 Å². The molecule has 42 heavy (non-hydrogen) atoms. The highest BCUT2D eigenvalue weighted by Gasteiger charge is 2.36. The lowest BCUT2D eigenvalue weighted by molar-refractivity contribution is -0.139. The Morgan fingerprint density at radius 2 is 1.93 bits per heavy atom. The number of hydrogen-bond donors (Lipinski definition) is 0. The number of rotatable bonds is 6. The van der Waals surface area contributed by atoms with E-state index in [1.54, 1.807) is 11.9 Å². The Labute approximate surface area is 250 Å². The van der Waals surface area contributed by atoms with Crippen LogP contribution in [0, 0.1) is 11.8 Å². The Kier molecular flexibility index (Phi) is 7.77. The molecule has 1 atom stereocenters. The van der Waals surface area contributed by atoms with Crippen LogP contribution < -0.4 is 9.04 Å². The van der Waals surface area contributed by atoms with Gasteiger partial charge in [-0.15, -0.1) is 4.91 Å². The van der Waals surface area contributed by atoms with Gasteiger partial charge in [-0.3, -0.25) is 9.78 Å². The molecule has 3 heterocycles. The third-order valence-electron chi connectivity index (χ3n) is 7.76. The van der Waals surface area contributed by atoms with Gasteiger partial charge < -0.3 is 13.8 Å². The first kappa shape index (κ1) is 28.4. The van der Waals surface area contributed by atoms with Crippen molar-refractivity contribution in [2.24, 2.45) is 5.18 Å². The molecule has 2 aliphatic rings. The van der Waals surface area contributed by atoms with Crippen LogP contribution in [0.4, 0.5) is 5.69 Å². The zero-order valence-electron chi connectivity index (χ0n) is 24.5. The van der Waals surface area contributed by atoms with Gasteiger partial charge in [-0.05, 0) is 123 Å². The molecule has 0 aliphatic carbocycles. The van der Waals surface area contributed by atoms with Crippen LogP contribution in [0.3, 0.4) is 0 Å². The summed E-state index contributed by atoms with van der Waals surface area (Å²) in [5.74, 6) is 0.0878. The number of para-hydroxylation sites is 1. The predicted octanol–water partition coefficient (Wildman–Crippen LogP) is 8.14. The second-order valence-electron chi connectivity index (χ2n) is 11.9. The maximum absolute atomic E-state index is 13.3. The molecule has 216 valence electrons. The minimum Gasteiger partial charge on any atom is -0.493 e. The summed E-state index contributed by atoms with van der Waals surface area (Å²) in [6.07, 6.45) is 4.24. The Hall–Kier alpha value is -3.75. The minimum absolute atomic E-state index is 0.680. The van der Waals surface area contributed by atoms with E-state index in [9.17, 15) is 9.70 Å². The van der Waals surface area contributed by atoms with Gasteiger partial charge in [-0.25, -0.2) is 0 Å². The topological polar surface area (TPSA) is 81.1 Å². The van der Waals surface area contributed by atoms with Crippen molar-refractivity contribution in [2.75, 3.05) is 17.5 Å². The van der Waals surface area contributed by atoms with E-state index in [1.165, 1.54) is 0 Å². The van der Waals surface area contributed by atoms with Crippen LogP contribution in [0.2, 0.25) is 0 Å². The van der Waals surface area contributed by atoms with Gasteiger partial charge in [0, 0.05) is 28.9 Å². The van der Waals surface area contributed by atoms with Gasteiger partial charge in [0.15, 0.2) is 6.10 Å². The van der Waals surface area contributed by atoms with Gasteiger partial charge in [0.25, 0.3) is 0 Å². The summed E-state index contributed by atoms with van der Waals surface area (Å²) in [5, 5.41) is 3.98. The molecule has 1 amide bonds. The smallest absolute Gasteiger partial charge is 0.319 e. The van der Waals surface area contributed by atoms with E-state index in [0.29, 0.717) is 0 Å². The molecule has 2 aliphatic heterocycles. The summed E-state index contributed by atoms with van der Waals surface area (Å²) in [7, 11) is 0. The lowest BCUT2D eigenvalue weighted by atomic mass is 9.83. The van der Waals surface area contributed by atoms with E-state index in [4.69, 9.17) is 9.47 Å². The average Bonchev–Trinajstić information content (AvgIpc) is 2.99. The number of hydrogen-bond acceptors (Lipinski definition) is 7. The normalized spacial score (nSPS) is 15.5. The molecule has 1 aromatic heterocycles. The molecule has 0 N–H and O–H groups in total. The van der Waals surface area contributed by atoms with Crippen LogP contribution in [0.1, 0.15) is 62.0 Å². The van der Waals surface area contributed by atoms with Crippen molar-refractivity contribution in [2.45, 2.75) is 70.0 Å². The van der Waals surface area contributed by atoms with E-state index in [0.717, 1.165) is 99.5 Å². The van der Waals surface area contributed by atoms with Gasteiger partial charge >= 0.3 is 5.91 Å². The number of fused-ring (bicyclic) bond motifs is 3. The number of ether oxygens (including phenoxy) is 2. The molecule has 0 spiro atoms. The maximum Gasteiger partial charge on any atom is 0.319 e. The van der Waals surface area contributed by atoms with Crippen molar-refractivity contribution in [3.05, 3.63) is 88.0 Å². The first-order valence-corrected chi connectivity index (χ1v) is 15.3. The number of carbonyl (C=O) groups excluding carboxylic acids is 1. The van der Waals surface area contributed by atoms with Crippen molar-refractivity contribution in [1.29, 1.82) is 0 Å². The highest BCUT2D eigenvalue weighted by Crippen LogP contribution is 2.47. The predicted molar refractivity (Wildman–Crippen MR) is 168 cm³/mol. The van der Waals surface area contributed by atoms with E-state index in [2.05, 4.69) is 57.8 Å². The number of carbonyl (C=O) groups is 1. The lowest BCUT2D eigenvalue weighted by Crippen LogP contribution is -2.30. The van der Waals surface area contributed by atoms with Crippen LogP contribution in [0.5, 0.6) is 5.75 Å². The quantitative estimate of drug-likeness (QED) is 0.168. The third kappa shape index (κ3) is 5.53. The summed E-state index contributed by atoms with van der Waals surface area (Å²) >= 11 is 1.66. The first-order valence-electron chi connectivity index (χ1n) is 14.5. The van der Waals surface area contributed by atoms with Crippen molar-refractivity contribution in [3.8, 4) is 16.9 Å². The van der Waals surface area contributed by atoms with Crippen molar-refractivity contribution in [3.63, 3.8) is 0 Å². The van der Waals surface area contributed by atoms with Crippen LogP contribution in [-0.2, 0) is 22.4 Å². The van der Waals surface area contributed by atoms with E-state index >= 15 is 0 Å². The van der Waals surface area contributed by atoms with Crippen molar-refractivity contribution in [1.82, 2.24) is 4.98 Å². The summed E-state index contributed by atoms with van der Waals surface area (Å²) in [4.78, 5) is 30.8. The standard InChI is InChI=1S/C34H35N3O4S/c1-21-19-26-25(12-7-17-37(26)42-28-13-5-9-22-10-6-16-35-31(22)28)30(32(33(38)36-39)41-34(2,3)4)29(21)24-14-15-27-23(20-24)11-8-18-40-27/h5-6,9-10,13-16,19-20,32H,7-8,11-12,17-18H2,1-4H3. The molecule has 3 aromatic carbocycles. The molecule has 0 radical (unpaired) electrons. The Bertz CT molecular complexity index is 1670. The Balaban J connectivity index is 1.54. The number of aryl methyl sites for hydroxylation is 2. The number of aromatic nitrogens is 1. The molecule has 6 rings (SSSR count). The van der Waals surface area contributed by atoms with Crippen molar-refractivity contribution < 1.29 is 14.3 Å². The van der Waals surface area contributed by atoms with Gasteiger partial charge in [0.2, 0.25) is 0 Å². The summed E-state index contributed by atoms with van der Waals surface area (Å²) in [6, 6.07) is 18.7. The van der Waals surface area contributed by atoms with Crippen LogP contribution in [0.15, 0.2) is 70.9 Å². The van der Waals surface area contributed by atoms with Crippen LogP contribution in [-0.4, -0.2) is 29.6 Å². The minimum atomic E-state index is -1.12. The fourth-order valence-corrected chi connectivity index (χ4v) is 7.17. The van der Waals surface area contributed by atoms with Crippen LogP contribution >= 0.6 is 11.9 Å². The number of nitroso groups, excluding NO2 is 1. The largest absolute Gasteiger partial charge is 0.493 e. The molecule has 0 bridgehead atoms. The molecule has 4 aromatic rings. The molecule has 0 saturated carbocycles. The number of amides is 1. The Morgan fingerprint density at radius 3 is 2.74 bits per heavy atom. The van der Waals surface area contributed by atoms with Crippen LogP contribution in [0.25, 0.3) is 22.0 Å². The van der Waals surface area contributed by atoms with Gasteiger partial charge in [0.05, 0.1) is 28.3 Å². The third-order valence-corrected chi connectivity index (χ3v) is 8.88. The highest BCUT2D eigenvalue weighted by atomic mass is 32.2. The second-order valence-corrected chi connectivity index (χ2v) is 13.0. The summed E-state index contributed by atoms with van der Waals surface area (Å²) in [6.45, 7) is 9.30. The molecule has 1 unspecified atom stereocenters. The molecular formula is C34H35N3O4S. The maximum atomic E-state index is 13.3. The van der Waals surface area contributed by atoms with Gasteiger partial charge in [-0.1, -0.05) is 24.3 Å². The van der Waals surface area contributed by atoms with Gasteiger partial charge in [-0.2, -0.15) is 0 Å². The lowest BCUT2D eigenvalue weighted by Gasteiger charge is -2.36. The van der Waals surface area contributed by atoms with E-state index < -0.39 is 17.6 Å². The molecule has 8 heteroatoms.